The van der Waals surface area contributed by atoms with E-state index in [2.05, 4.69) is 35.1 Å². The first kappa shape index (κ1) is 13.6. The van der Waals surface area contributed by atoms with Gasteiger partial charge in [0.25, 0.3) is 0 Å². The van der Waals surface area contributed by atoms with Crippen LogP contribution in [0.4, 0.5) is 11.4 Å². The van der Waals surface area contributed by atoms with Crippen LogP contribution in [-0.4, -0.2) is 5.91 Å². The Labute approximate surface area is 117 Å². The second-order valence-electron chi connectivity index (χ2n) is 4.36. The highest BCUT2D eigenvalue weighted by atomic mass is 32.1. The summed E-state index contributed by atoms with van der Waals surface area (Å²) >= 11 is 1.74. The quantitative estimate of drug-likeness (QED) is 0.855. The minimum Gasteiger partial charge on any atom is -0.378 e. The third-order valence-corrected chi connectivity index (χ3v) is 3.88. The van der Waals surface area contributed by atoms with E-state index in [1.807, 2.05) is 31.2 Å². The Morgan fingerprint density at radius 2 is 2.05 bits per heavy atom. The van der Waals surface area contributed by atoms with E-state index in [0.717, 1.165) is 11.4 Å². The number of thiophene rings is 1. The van der Waals surface area contributed by atoms with Gasteiger partial charge in [-0.05, 0) is 36.6 Å². The number of amides is 1. The number of nitrogens with one attached hydrogen (secondary N) is 2. The molecule has 100 valence electrons. The van der Waals surface area contributed by atoms with E-state index in [4.69, 9.17) is 0 Å². The van der Waals surface area contributed by atoms with Crippen molar-refractivity contribution in [2.75, 3.05) is 10.6 Å². The molecule has 2 N–H and O–H groups in total. The molecule has 0 saturated heterocycles. The molecule has 1 amide bonds. The molecule has 0 aliphatic rings. The van der Waals surface area contributed by atoms with Crippen LogP contribution in [0.15, 0.2) is 41.8 Å². The summed E-state index contributed by atoms with van der Waals surface area (Å²) in [4.78, 5) is 12.7. The molecule has 2 rings (SSSR count). The van der Waals surface area contributed by atoms with Crippen molar-refractivity contribution in [2.45, 2.75) is 26.3 Å². The Kier molecular flexibility index (Phi) is 4.58. The van der Waals surface area contributed by atoms with Crippen molar-refractivity contribution in [3.05, 3.63) is 46.7 Å². The molecule has 3 nitrogen and oxygen atoms in total. The molecular formula is C15H18N2OS. The van der Waals surface area contributed by atoms with Crippen LogP contribution in [0.25, 0.3) is 0 Å². The number of benzene rings is 1. The van der Waals surface area contributed by atoms with Crippen molar-refractivity contribution in [2.24, 2.45) is 0 Å². The molecular weight excluding hydrogens is 256 g/mol. The van der Waals surface area contributed by atoms with Crippen LogP contribution in [0.2, 0.25) is 0 Å². The number of carbonyl (C=O) groups is 1. The minimum atomic E-state index is 0.0310. The normalized spacial score (nSPS) is 11.9. The van der Waals surface area contributed by atoms with Gasteiger partial charge in [-0.1, -0.05) is 19.1 Å². The standard InChI is InChI=1S/C15H18N2OS/c1-3-15(18)17-13-7-4-6-12(10-13)16-11(2)14-8-5-9-19-14/h4-11,16H,3H2,1-2H3,(H,17,18). The van der Waals surface area contributed by atoms with Gasteiger partial charge in [-0.15, -0.1) is 11.3 Å². The molecule has 4 heteroatoms. The fraction of sp³-hybridized carbons (Fsp3) is 0.267. The lowest BCUT2D eigenvalue weighted by Gasteiger charge is -2.14. The van der Waals surface area contributed by atoms with Gasteiger partial charge in [0.1, 0.15) is 0 Å². The topological polar surface area (TPSA) is 41.1 Å². The van der Waals surface area contributed by atoms with Gasteiger partial charge in [0.05, 0.1) is 6.04 Å². The van der Waals surface area contributed by atoms with Gasteiger partial charge in [-0.25, -0.2) is 0 Å². The van der Waals surface area contributed by atoms with Gasteiger partial charge in [0, 0.05) is 22.7 Å². The summed E-state index contributed by atoms with van der Waals surface area (Å²) < 4.78 is 0. The molecule has 0 aliphatic carbocycles. The van der Waals surface area contributed by atoms with Crippen LogP contribution in [0.3, 0.4) is 0 Å². The predicted octanol–water partition coefficient (Wildman–Crippen LogP) is 4.27. The summed E-state index contributed by atoms with van der Waals surface area (Å²) in [6, 6.07) is 12.2. The van der Waals surface area contributed by atoms with E-state index in [1.165, 1.54) is 4.88 Å². The Hall–Kier alpha value is -1.81. The highest BCUT2D eigenvalue weighted by Gasteiger charge is 2.06. The average Bonchev–Trinajstić information content (AvgIpc) is 2.93. The fourth-order valence-electron chi connectivity index (χ4n) is 1.79. The summed E-state index contributed by atoms with van der Waals surface area (Å²) in [7, 11) is 0. The van der Waals surface area contributed by atoms with E-state index in [9.17, 15) is 4.79 Å². The molecule has 1 unspecified atom stereocenters. The lowest BCUT2D eigenvalue weighted by molar-refractivity contribution is -0.115. The SMILES string of the molecule is CCC(=O)Nc1cccc(NC(C)c2cccs2)c1. The smallest absolute Gasteiger partial charge is 0.224 e. The second kappa shape index (κ2) is 6.38. The van der Waals surface area contributed by atoms with Gasteiger partial charge in [0.2, 0.25) is 5.91 Å². The number of hydrogen-bond donors (Lipinski definition) is 2. The third kappa shape index (κ3) is 3.83. The van der Waals surface area contributed by atoms with Crippen molar-refractivity contribution >= 4 is 28.6 Å². The first-order chi connectivity index (χ1) is 9.19. The van der Waals surface area contributed by atoms with Crippen LogP contribution in [-0.2, 0) is 4.79 Å². The van der Waals surface area contributed by atoms with E-state index in [0.29, 0.717) is 6.42 Å². The van der Waals surface area contributed by atoms with E-state index in [-0.39, 0.29) is 11.9 Å². The maximum atomic E-state index is 11.4. The van der Waals surface area contributed by atoms with Crippen LogP contribution in [0.1, 0.15) is 31.2 Å². The molecule has 0 fully saturated rings. The molecule has 0 saturated carbocycles. The molecule has 1 aromatic heterocycles. The molecule has 0 bridgehead atoms. The fourth-order valence-corrected chi connectivity index (χ4v) is 2.53. The lowest BCUT2D eigenvalue weighted by atomic mass is 10.2. The first-order valence-corrected chi connectivity index (χ1v) is 7.27. The molecule has 19 heavy (non-hydrogen) atoms. The number of anilines is 2. The van der Waals surface area contributed by atoms with E-state index in [1.54, 1.807) is 11.3 Å². The molecule has 0 aliphatic heterocycles. The monoisotopic (exact) mass is 274 g/mol. The van der Waals surface area contributed by atoms with Crippen LogP contribution in [0, 0.1) is 0 Å². The predicted molar refractivity (Wildman–Crippen MR) is 81.7 cm³/mol. The first-order valence-electron chi connectivity index (χ1n) is 6.39. The molecule has 0 spiro atoms. The average molecular weight is 274 g/mol. The number of carbonyl (C=O) groups excluding carboxylic acids is 1. The summed E-state index contributed by atoms with van der Waals surface area (Å²) in [5.74, 6) is 0.0310. The third-order valence-electron chi connectivity index (χ3n) is 2.82. The zero-order valence-electron chi connectivity index (χ0n) is 11.1. The van der Waals surface area contributed by atoms with Crippen LogP contribution in [0.5, 0.6) is 0 Å². The Balaban J connectivity index is 2.04. The summed E-state index contributed by atoms with van der Waals surface area (Å²) in [6.45, 7) is 3.97. The van der Waals surface area contributed by atoms with E-state index < -0.39 is 0 Å². The van der Waals surface area contributed by atoms with Crippen molar-refractivity contribution in [1.29, 1.82) is 0 Å². The van der Waals surface area contributed by atoms with Crippen molar-refractivity contribution in [1.82, 2.24) is 0 Å². The van der Waals surface area contributed by atoms with Gasteiger partial charge < -0.3 is 10.6 Å². The zero-order chi connectivity index (χ0) is 13.7. The van der Waals surface area contributed by atoms with Crippen LogP contribution >= 0.6 is 11.3 Å². The summed E-state index contributed by atoms with van der Waals surface area (Å²) in [5.41, 5.74) is 1.84. The second-order valence-corrected chi connectivity index (χ2v) is 5.34. The molecule has 1 aromatic carbocycles. The van der Waals surface area contributed by atoms with Crippen LogP contribution < -0.4 is 10.6 Å². The molecule has 1 heterocycles. The van der Waals surface area contributed by atoms with Gasteiger partial charge >= 0.3 is 0 Å². The molecule has 2 aromatic rings. The van der Waals surface area contributed by atoms with Crippen molar-refractivity contribution in [3.8, 4) is 0 Å². The Morgan fingerprint density at radius 3 is 2.74 bits per heavy atom. The highest BCUT2D eigenvalue weighted by molar-refractivity contribution is 7.10. The Morgan fingerprint density at radius 1 is 1.26 bits per heavy atom. The van der Waals surface area contributed by atoms with E-state index >= 15 is 0 Å². The lowest BCUT2D eigenvalue weighted by Crippen LogP contribution is -2.10. The van der Waals surface area contributed by atoms with Gasteiger partial charge in [0.15, 0.2) is 0 Å². The number of hydrogen-bond acceptors (Lipinski definition) is 3. The zero-order valence-corrected chi connectivity index (χ0v) is 12.0. The maximum Gasteiger partial charge on any atom is 0.224 e. The largest absolute Gasteiger partial charge is 0.378 e. The number of rotatable bonds is 5. The summed E-state index contributed by atoms with van der Waals surface area (Å²) in [6.07, 6.45) is 0.489. The van der Waals surface area contributed by atoms with Gasteiger partial charge in [-0.2, -0.15) is 0 Å². The Bertz CT molecular complexity index is 537. The van der Waals surface area contributed by atoms with Crippen molar-refractivity contribution < 1.29 is 4.79 Å². The summed E-state index contributed by atoms with van der Waals surface area (Å²) in [5, 5.41) is 8.37. The molecule has 1 atom stereocenters. The molecule has 0 radical (unpaired) electrons. The minimum absolute atomic E-state index is 0.0310. The van der Waals surface area contributed by atoms with Crippen molar-refractivity contribution in [3.63, 3.8) is 0 Å². The maximum absolute atomic E-state index is 11.4. The van der Waals surface area contributed by atoms with Gasteiger partial charge in [-0.3, -0.25) is 4.79 Å². The highest BCUT2D eigenvalue weighted by Crippen LogP contribution is 2.24.